The summed E-state index contributed by atoms with van der Waals surface area (Å²) in [5, 5.41) is 20.9. The van der Waals surface area contributed by atoms with E-state index in [9.17, 15) is 9.59 Å². The van der Waals surface area contributed by atoms with Crippen LogP contribution in [0, 0.1) is 5.41 Å². The Bertz CT molecular complexity index is 546. The Morgan fingerprint density at radius 3 is 2.45 bits per heavy atom. The summed E-state index contributed by atoms with van der Waals surface area (Å²) in [7, 11) is 0. The molecule has 1 aromatic carbocycles. The Balaban J connectivity index is 2.45. The van der Waals surface area contributed by atoms with Crippen molar-refractivity contribution in [1.82, 2.24) is 10.6 Å². The molecule has 0 aromatic heterocycles. The van der Waals surface area contributed by atoms with Crippen LogP contribution in [0.4, 0.5) is 4.79 Å². The molecule has 120 valence electrons. The molecular formula is C13H15Cl2N3O4. The minimum absolute atomic E-state index is 0.0127. The third kappa shape index (κ3) is 6.30. The van der Waals surface area contributed by atoms with E-state index in [0.717, 1.165) is 0 Å². The number of hydrogen-bond acceptors (Lipinski definition) is 5. The molecular weight excluding hydrogens is 333 g/mol. The SMILES string of the molecule is N=C(NC(=O)Cc1c(Cl)cccc1Cl)NC(=O)OCCCO. The number of aliphatic hydroxyl groups excluding tert-OH is 1. The summed E-state index contributed by atoms with van der Waals surface area (Å²) in [6.45, 7) is -0.0984. The van der Waals surface area contributed by atoms with Gasteiger partial charge in [0.25, 0.3) is 0 Å². The highest BCUT2D eigenvalue weighted by Gasteiger charge is 2.13. The second-order valence-corrected chi connectivity index (χ2v) is 4.95. The number of amides is 2. The van der Waals surface area contributed by atoms with Crippen LogP contribution in [-0.4, -0.2) is 36.3 Å². The highest BCUT2D eigenvalue weighted by Crippen LogP contribution is 2.24. The number of rotatable bonds is 5. The number of alkyl carbamates (subject to hydrolysis) is 1. The monoisotopic (exact) mass is 347 g/mol. The van der Waals surface area contributed by atoms with E-state index in [1.54, 1.807) is 18.2 Å². The molecule has 0 saturated heterocycles. The Kier molecular flexibility index (Phi) is 7.65. The van der Waals surface area contributed by atoms with Crippen LogP contribution in [0.3, 0.4) is 0 Å². The average Bonchev–Trinajstić information content (AvgIpc) is 2.43. The molecule has 0 unspecified atom stereocenters. The van der Waals surface area contributed by atoms with Crippen LogP contribution in [0.25, 0.3) is 0 Å². The lowest BCUT2D eigenvalue weighted by Crippen LogP contribution is -2.44. The molecule has 0 heterocycles. The molecule has 1 rings (SSSR count). The third-order valence-corrected chi connectivity index (χ3v) is 3.13. The topological polar surface area (TPSA) is 112 Å². The fourth-order valence-electron chi connectivity index (χ4n) is 1.44. The van der Waals surface area contributed by atoms with Gasteiger partial charge in [-0.3, -0.25) is 20.8 Å². The molecule has 9 heteroatoms. The Labute approximate surface area is 137 Å². The number of benzene rings is 1. The van der Waals surface area contributed by atoms with Crippen LogP contribution in [0.15, 0.2) is 18.2 Å². The highest BCUT2D eigenvalue weighted by molar-refractivity contribution is 6.36. The number of halogens is 2. The summed E-state index contributed by atoms with van der Waals surface area (Å²) in [6.07, 6.45) is -0.741. The maximum Gasteiger partial charge on any atom is 0.413 e. The maximum atomic E-state index is 11.8. The number of guanidine groups is 1. The predicted molar refractivity (Wildman–Crippen MR) is 82.2 cm³/mol. The zero-order valence-electron chi connectivity index (χ0n) is 11.5. The number of carbonyl (C=O) groups is 2. The predicted octanol–water partition coefficient (Wildman–Crippen LogP) is 1.70. The summed E-state index contributed by atoms with van der Waals surface area (Å²) >= 11 is 11.9. The first kappa shape index (κ1) is 18.2. The van der Waals surface area contributed by atoms with Crippen molar-refractivity contribution in [2.24, 2.45) is 0 Å². The molecule has 0 radical (unpaired) electrons. The second-order valence-electron chi connectivity index (χ2n) is 4.14. The van der Waals surface area contributed by atoms with Crippen LogP contribution in [-0.2, 0) is 16.0 Å². The van der Waals surface area contributed by atoms with Crippen molar-refractivity contribution in [3.8, 4) is 0 Å². The summed E-state index contributed by atoms with van der Waals surface area (Å²) in [5.41, 5.74) is 0.432. The lowest BCUT2D eigenvalue weighted by molar-refractivity contribution is -0.119. The molecule has 0 bridgehead atoms. The summed E-state index contributed by atoms with van der Waals surface area (Å²) in [4.78, 5) is 23.0. The van der Waals surface area contributed by atoms with Gasteiger partial charge in [-0.15, -0.1) is 0 Å². The summed E-state index contributed by atoms with van der Waals surface area (Å²) in [6, 6.07) is 4.84. The molecule has 0 aliphatic heterocycles. The second kappa shape index (κ2) is 9.24. The van der Waals surface area contributed by atoms with Crippen molar-refractivity contribution in [2.75, 3.05) is 13.2 Å². The maximum absolute atomic E-state index is 11.8. The van der Waals surface area contributed by atoms with E-state index in [1.807, 2.05) is 5.32 Å². The molecule has 7 nitrogen and oxygen atoms in total. The third-order valence-electron chi connectivity index (χ3n) is 2.43. The Hall–Kier alpha value is -1.83. The van der Waals surface area contributed by atoms with Crippen molar-refractivity contribution < 1.29 is 19.4 Å². The molecule has 0 aliphatic carbocycles. The van der Waals surface area contributed by atoms with Gasteiger partial charge in [0.05, 0.1) is 13.0 Å². The van der Waals surface area contributed by atoms with Crippen LogP contribution >= 0.6 is 23.2 Å². The number of nitrogens with one attached hydrogen (secondary N) is 3. The van der Waals surface area contributed by atoms with Crippen LogP contribution < -0.4 is 10.6 Å². The van der Waals surface area contributed by atoms with Crippen LogP contribution in [0.5, 0.6) is 0 Å². The van der Waals surface area contributed by atoms with Gasteiger partial charge in [-0.05, 0) is 17.7 Å². The summed E-state index contributed by atoms with van der Waals surface area (Å²) in [5.74, 6) is -1.09. The normalized spacial score (nSPS) is 9.95. The van der Waals surface area contributed by atoms with Gasteiger partial charge < -0.3 is 9.84 Å². The molecule has 1 aromatic rings. The number of hydrogen-bond donors (Lipinski definition) is 4. The molecule has 0 aliphatic rings. The Morgan fingerprint density at radius 1 is 1.23 bits per heavy atom. The average molecular weight is 348 g/mol. The minimum Gasteiger partial charge on any atom is -0.449 e. The molecule has 0 spiro atoms. The van der Waals surface area contributed by atoms with Gasteiger partial charge in [0.2, 0.25) is 11.9 Å². The standard InChI is InChI=1S/C13H15Cl2N3O4/c14-9-3-1-4-10(15)8(9)7-11(20)17-12(16)18-13(21)22-6-2-5-19/h1,3-4,19H,2,5-7H2,(H3,16,17,18,20,21). The van der Waals surface area contributed by atoms with E-state index < -0.39 is 18.0 Å². The molecule has 22 heavy (non-hydrogen) atoms. The van der Waals surface area contributed by atoms with Crippen LogP contribution in [0.2, 0.25) is 10.0 Å². The number of aliphatic hydroxyl groups is 1. The van der Waals surface area contributed by atoms with E-state index >= 15 is 0 Å². The van der Waals surface area contributed by atoms with Gasteiger partial charge in [-0.1, -0.05) is 29.3 Å². The first-order valence-electron chi connectivity index (χ1n) is 6.30. The molecule has 4 N–H and O–H groups in total. The lowest BCUT2D eigenvalue weighted by atomic mass is 10.1. The van der Waals surface area contributed by atoms with Gasteiger partial charge >= 0.3 is 6.09 Å². The molecule has 0 saturated carbocycles. The largest absolute Gasteiger partial charge is 0.449 e. The van der Waals surface area contributed by atoms with Crippen molar-refractivity contribution in [2.45, 2.75) is 12.8 Å². The van der Waals surface area contributed by atoms with Gasteiger partial charge in [-0.25, -0.2) is 4.79 Å². The summed E-state index contributed by atoms with van der Waals surface area (Å²) < 4.78 is 4.65. The van der Waals surface area contributed by atoms with Gasteiger partial charge in [0.15, 0.2) is 0 Å². The Morgan fingerprint density at radius 2 is 1.86 bits per heavy atom. The van der Waals surface area contributed by atoms with Crippen molar-refractivity contribution in [3.05, 3.63) is 33.8 Å². The molecule has 2 amide bonds. The zero-order chi connectivity index (χ0) is 16.5. The fraction of sp³-hybridized carbons (Fsp3) is 0.308. The number of ether oxygens (including phenoxy) is 1. The highest BCUT2D eigenvalue weighted by atomic mass is 35.5. The minimum atomic E-state index is -0.894. The van der Waals surface area contributed by atoms with Crippen molar-refractivity contribution >= 4 is 41.2 Å². The zero-order valence-corrected chi connectivity index (χ0v) is 13.0. The van der Waals surface area contributed by atoms with E-state index in [-0.39, 0.29) is 26.1 Å². The van der Waals surface area contributed by atoms with Crippen LogP contribution in [0.1, 0.15) is 12.0 Å². The fourth-order valence-corrected chi connectivity index (χ4v) is 1.98. The first-order chi connectivity index (χ1) is 10.4. The quantitative estimate of drug-likeness (QED) is 0.369. The smallest absolute Gasteiger partial charge is 0.413 e. The van der Waals surface area contributed by atoms with E-state index in [2.05, 4.69) is 10.1 Å². The van der Waals surface area contributed by atoms with Gasteiger partial charge in [-0.2, -0.15) is 0 Å². The number of carbonyl (C=O) groups excluding carboxylic acids is 2. The van der Waals surface area contributed by atoms with Gasteiger partial charge in [0.1, 0.15) is 0 Å². The lowest BCUT2D eigenvalue weighted by Gasteiger charge is -2.10. The molecule has 0 atom stereocenters. The van der Waals surface area contributed by atoms with E-state index in [0.29, 0.717) is 15.6 Å². The first-order valence-corrected chi connectivity index (χ1v) is 7.05. The van der Waals surface area contributed by atoms with Crippen molar-refractivity contribution in [3.63, 3.8) is 0 Å². The van der Waals surface area contributed by atoms with E-state index in [1.165, 1.54) is 0 Å². The van der Waals surface area contributed by atoms with E-state index in [4.69, 9.17) is 33.7 Å². The van der Waals surface area contributed by atoms with Gasteiger partial charge in [0, 0.05) is 23.1 Å². The molecule has 0 fully saturated rings. The van der Waals surface area contributed by atoms with Crippen molar-refractivity contribution in [1.29, 1.82) is 5.41 Å².